The van der Waals surface area contributed by atoms with E-state index < -0.39 is 11.7 Å². The van der Waals surface area contributed by atoms with Gasteiger partial charge in [-0.2, -0.15) is 13.2 Å². The highest BCUT2D eigenvalue weighted by atomic mass is 32.2. The van der Waals surface area contributed by atoms with Gasteiger partial charge in [-0.1, -0.05) is 45.9 Å². The van der Waals surface area contributed by atoms with Crippen LogP contribution in [0.5, 0.6) is 0 Å². The molecule has 0 spiro atoms. The van der Waals surface area contributed by atoms with Gasteiger partial charge in [0.2, 0.25) is 0 Å². The molecule has 1 aromatic heterocycles. The Balaban J connectivity index is 0.000000828. The Labute approximate surface area is 164 Å². The monoisotopic (exact) mass is 396 g/mol. The number of hydrogen-bond donors (Lipinski definition) is 0. The third-order valence-electron chi connectivity index (χ3n) is 3.25. The zero-order valence-electron chi connectivity index (χ0n) is 16.7. The predicted molar refractivity (Wildman–Crippen MR) is 109 cm³/mol. The van der Waals surface area contributed by atoms with E-state index in [2.05, 4.69) is 37.7 Å². The molecule has 0 unspecified atom stereocenters. The second-order valence-corrected chi connectivity index (χ2v) is 7.99. The lowest BCUT2D eigenvalue weighted by atomic mass is 10.1. The number of thioether (sulfide) groups is 1. The summed E-state index contributed by atoms with van der Waals surface area (Å²) in [5, 5.41) is 0. The molecule has 2 nitrogen and oxygen atoms in total. The van der Waals surface area contributed by atoms with Crippen LogP contribution in [0.15, 0.2) is 46.4 Å². The summed E-state index contributed by atoms with van der Waals surface area (Å²) in [6, 6.07) is 8.78. The van der Waals surface area contributed by atoms with Gasteiger partial charge in [-0.15, -0.1) is 11.8 Å². The molecule has 0 saturated heterocycles. The molecular formula is C21H27F3N2S. The third kappa shape index (κ3) is 7.75. The minimum atomic E-state index is -4.42. The van der Waals surface area contributed by atoms with Gasteiger partial charge < -0.3 is 0 Å². The second-order valence-electron chi connectivity index (χ2n) is 6.68. The maximum absolute atomic E-state index is 12.8. The zero-order chi connectivity index (χ0) is 20.6. The van der Waals surface area contributed by atoms with Crippen molar-refractivity contribution >= 4 is 23.2 Å². The lowest BCUT2D eigenvalue weighted by molar-refractivity contribution is -0.137. The fourth-order valence-corrected chi connectivity index (χ4v) is 2.93. The van der Waals surface area contributed by atoms with E-state index in [1.54, 1.807) is 25.6 Å². The first-order valence-corrected chi connectivity index (χ1v) is 9.86. The zero-order valence-corrected chi connectivity index (χ0v) is 17.5. The number of benzene rings is 1. The number of pyridine rings is 1. The van der Waals surface area contributed by atoms with Crippen LogP contribution in [0.1, 0.15) is 51.4 Å². The van der Waals surface area contributed by atoms with Crippen molar-refractivity contribution in [3.63, 3.8) is 0 Å². The molecular weight excluding hydrogens is 369 g/mol. The Kier molecular flexibility index (Phi) is 9.03. The fraction of sp³-hybridized carbons (Fsp3) is 0.429. The SMILES string of the molecule is CC(C)C.CCSc1ccccc1C(C)=Nc1cc(C(F)(F)F)cnc1C. The maximum atomic E-state index is 12.8. The molecule has 1 heterocycles. The lowest BCUT2D eigenvalue weighted by Gasteiger charge is -2.10. The quantitative estimate of drug-likeness (QED) is 0.399. The summed E-state index contributed by atoms with van der Waals surface area (Å²) in [4.78, 5) is 9.27. The molecule has 0 amide bonds. The number of halogens is 3. The van der Waals surface area contributed by atoms with Crippen LogP contribution < -0.4 is 0 Å². The van der Waals surface area contributed by atoms with E-state index in [4.69, 9.17) is 0 Å². The third-order valence-corrected chi connectivity index (χ3v) is 4.21. The van der Waals surface area contributed by atoms with Gasteiger partial charge in [-0.3, -0.25) is 9.98 Å². The Hall–Kier alpha value is -1.82. The number of hydrogen-bond acceptors (Lipinski definition) is 3. The topological polar surface area (TPSA) is 25.2 Å². The Morgan fingerprint density at radius 1 is 1.19 bits per heavy atom. The number of nitrogens with zero attached hydrogens (tertiary/aromatic N) is 2. The molecule has 0 saturated carbocycles. The molecule has 0 aliphatic rings. The van der Waals surface area contributed by atoms with Crippen molar-refractivity contribution < 1.29 is 13.2 Å². The second kappa shape index (κ2) is 10.5. The standard InChI is InChI=1S/C17H17F3N2S.C4H10/c1-4-23-16-8-6-5-7-14(16)11(2)22-15-9-13(17(18,19)20)10-21-12(15)3;1-4(2)3/h5-10H,4H2,1-3H3;4H,1-3H3. The van der Waals surface area contributed by atoms with E-state index in [0.717, 1.165) is 34.4 Å². The number of aromatic nitrogens is 1. The van der Waals surface area contributed by atoms with Crippen LogP contribution in [0.3, 0.4) is 0 Å². The van der Waals surface area contributed by atoms with Crippen LogP contribution in [0.25, 0.3) is 0 Å². The average molecular weight is 397 g/mol. The molecule has 0 N–H and O–H groups in total. The van der Waals surface area contributed by atoms with Gasteiger partial charge in [0.05, 0.1) is 16.9 Å². The molecule has 148 valence electrons. The highest BCUT2D eigenvalue weighted by Gasteiger charge is 2.31. The summed E-state index contributed by atoms with van der Waals surface area (Å²) in [6.45, 7) is 12.0. The minimum absolute atomic E-state index is 0.244. The normalized spacial score (nSPS) is 12.0. The van der Waals surface area contributed by atoms with E-state index in [9.17, 15) is 13.2 Å². The molecule has 27 heavy (non-hydrogen) atoms. The summed E-state index contributed by atoms with van der Waals surface area (Å²) in [6.07, 6.45) is -3.58. The van der Waals surface area contributed by atoms with Crippen LogP contribution in [-0.2, 0) is 6.18 Å². The summed E-state index contributed by atoms with van der Waals surface area (Å²) in [7, 11) is 0. The highest BCUT2D eigenvalue weighted by molar-refractivity contribution is 7.99. The van der Waals surface area contributed by atoms with Crippen LogP contribution in [0.4, 0.5) is 18.9 Å². The van der Waals surface area contributed by atoms with E-state index >= 15 is 0 Å². The van der Waals surface area contributed by atoms with Gasteiger partial charge >= 0.3 is 6.18 Å². The molecule has 6 heteroatoms. The number of aliphatic imine (C=N–C) groups is 1. The number of aryl methyl sites for hydroxylation is 1. The number of alkyl halides is 3. The predicted octanol–water partition coefficient (Wildman–Crippen LogP) is 7.32. The molecule has 0 atom stereocenters. The van der Waals surface area contributed by atoms with Gasteiger partial charge in [0.15, 0.2) is 0 Å². The summed E-state index contributed by atoms with van der Waals surface area (Å²) in [5.74, 6) is 1.74. The van der Waals surface area contributed by atoms with Crippen LogP contribution in [0.2, 0.25) is 0 Å². The Morgan fingerprint density at radius 3 is 2.33 bits per heavy atom. The van der Waals surface area contributed by atoms with Crippen LogP contribution in [-0.4, -0.2) is 16.4 Å². The first-order chi connectivity index (χ1) is 12.6. The highest BCUT2D eigenvalue weighted by Crippen LogP contribution is 2.32. The van der Waals surface area contributed by atoms with Gasteiger partial charge in [0.1, 0.15) is 0 Å². The van der Waals surface area contributed by atoms with Crippen LogP contribution >= 0.6 is 11.8 Å². The van der Waals surface area contributed by atoms with Crippen molar-refractivity contribution in [1.82, 2.24) is 4.98 Å². The molecule has 2 rings (SSSR count). The first-order valence-electron chi connectivity index (χ1n) is 8.87. The van der Waals surface area contributed by atoms with Crippen molar-refractivity contribution in [2.75, 3.05) is 5.75 Å². The molecule has 1 aromatic carbocycles. The smallest absolute Gasteiger partial charge is 0.259 e. The molecule has 0 aliphatic heterocycles. The fourth-order valence-electron chi connectivity index (χ4n) is 2.08. The minimum Gasteiger partial charge on any atom is -0.259 e. The van der Waals surface area contributed by atoms with Crippen LogP contribution in [0, 0.1) is 12.8 Å². The Bertz CT molecular complexity index is 766. The van der Waals surface area contributed by atoms with Crippen molar-refractivity contribution in [2.45, 2.75) is 52.6 Å². The molecule has 0 bridgehead atoms. The van der Waals surface area contributed by atoms with Gasteiger partial charge in [0, 0.05) is 22.4 Å². The lowest BCUT2D eigenvalue weighted by Crippen LogP contribution is -2.06. The van der Waals surface area contributed by atoms with Crippen molar-refractivity contribution in [1.29, 1.82) is 0 Å². The molecule has 0 fully saturated rings. The maximum Gasteiger partial charge on any atom is 0.417 e. The van der Waals surface area contributed by atoms with Gasteiger partial charge in [0.25, 0.3) is 0 Å². The average Bonchev–Trinajstić information content (AvgIpc) is 2.56. The Morgan fingerprint density at radius 2 is 1.78 bits per heavy atom. The summed E-state index contributed by atoms with van der Waals surface area (Å²) in [5.41, 5.74) is 1.53. The van der Waals surface area contributed by atoms with E-state index in [-0.39, 0.29) is 5.69 Å². The van der Waals surface area contributed by atoms with Gasteiger partial charge in [-0.05, 0) is 37.7 Å². The molecule has 0 aliphatic carbocycles. The number of rotatable bonds is 4. The molecule has 0 radical (unpaired) electrons. The summed E-state index contributed by atoms with van der Waals surface area (Å²) >= 11 is 1.68. The van der Waals surface area contributed by atoms with Gasteiger partial charge in [-0.25, -0.2) is 0 Å². The van der Waals surface area contributed by atoms with E-state index in [1.807, 2.05) is 24.3 Å². The molecule has 2 aromatic rings. The van der Waals surface area contributed by atoms with Crippen molar-refractivity contribution in [2.24, 2.45) is 10.9 Å². The van der Waals surface area contributed by atoms with E-state index in [1.165, 1.54) is 0 Å². The summed E-state index contributed by atoms with van der Waals surface area (Å²) < 4.78 is 38.5. The van der Waals surface area contributed by atoms with Crippen molar-refractivity contribution in [3.05, 3.63) is 53.3 Å². The van der Waals surface area contributed by atoms with E-state index in [0.29, 0.717) is 11.4 Å². The largest absolute Gasteiger partial charge is 0.417 e. The first kappa shape index (κ1) is 23.2. The van der Waals surface area contributed by atoms with Crippen molar-refractivity contribution in [3.8, 4) is 0 Å².